The summed E-state index contributed by atoms with van der Waals surface area (Å²) in [6.07, 6.45) is 1.55. The topological polar surface area (TPSA) is 65.7 Å². The third kappa shape index (κ3) is 2.33. The van der Waals surface area contributed by atoms with Crippen LogP contribution in [0.5, 0.6) is 5.75 Å². The molecule has 6 nitrogen and oxygen atoms in total. The molecule has 0 saturated carbocycles. The highest BCUT2D eigenvalue weighted by atomic mass is 35.5. The van der Waals surface area contributed by atoms with Crippen molar-refractivity contribution in [3.8, 4) is 23.0 Å². The van der Waals surface area contributed by atoms with Crippen LogP contribution in [-0.4, -0.2) is 32.3 Å². The van der Waals surface area contributed by atoms with Gasteiger partial charge in [-0.05, 0) is 46.8 Å². The Morgan fingerprint density at radius 3 is 2.55 bits per heavy atom. The van der Waals surface area contributed by atoms with Gasteiger partial charge in [0.05, 0.1) is 12.1 Å². The third-order valence-corrected chi connectivity index (χ3v) is 2.97. The van der Waals surface area contributed by atoms with Gasteiger partial charge in [0.25, 0.3) is 0 Å². The highest BCUT2D eigenvalue weighted by Crippen LogP contribution is 2.21. The minimum Gasteiger partial charge on any atom is -0.497 e. The summed E-state index contributed by atoms with van der Waals surface area (Å²) in [6.45, 7) is 0. The zero-order chi connectivity index (χ0) is 13.9. The first-order valence-corrected chi connectivity index (χ1v) is 6.20. The fourth-order valence-corrected chi connectivity index (χ4v) is 1.87. The van der Waals surface area contributed by atoms with Crippen LogP contribution >= 0.6 is 11.6 Å². The Hall–Kier alpha value is -2.47. The average molecular weight is 288 g/mol. The molecule has 0 atom stereocenters. The first-order chi connectivity index (χ1) is 9.78. The van der Waals surface area contributed by atoms with Crippen molar-refractivity contribution >= 4 is 11.6 Å². The summed E-state index contributed by atoms with van der Waals surface area (Å²) < 4.78 is 6.68. The predicted molar refractivity (Wildman–Crippen MR) is 73.9 cm³/mol. The molecule has 7 heteroatoms. The molecule has 2 heterocycles. The quantitative estimate of drug-likeness (QED) is 0.740. The Morgan fingerprint density at radius 2 is 1.90 bits per heavy atom. The predicted octanol–water partition coefficient (Wildman–Crippen LogP) is 2.39. The maximum absolute atomic E-state index is 5.83. The Morgan fingerprint density at radius 1 is 1.10 bits per heavy atom. The van der Waals surface area contributed by atoms with E-state index in [9.17, 15) is 0 Å². The van der Waals surface area contributed by atoms with Crippen molar-refractivity contribution in [3.05, 3.63) is 47.6 Å². The second-order valence-electron chi connectivity index (χ2n) is 3.98. The number of halogens is 1. The summed E-state index contributed by atoms with van der Waals surface area (Å²) in [6, 6.07) is 11.0. The first kappa shape index (κ1) is 12.6. The molecule has 0 radical (unpaired) electrons. The second kappa shape index (κ2) is 5.26. The van der Waals surface area contributed by atoms with Gasteiger partial charge in [0.2, 0.25) is 0 Å². The molecule has 0 bridgehead atoms. The lowest BCUT2D eigenvalue weighted by molar-refractivity contribution is 0.415. The number of tetrazole rings is 1. The van der Waals surface area contributed by atoms with Gasteiger partial charge < -0.3 is 4.74 Å². The van der Waals surface area contributed by atoms with Gasteiger partial charge >= 0.3 is 0 Å². The monoisotopic (exact) mass is 287 g/mol. The molecule has 0 saturated heterocycles. The number of ether oxygens (including phenoxy) is 1. The first-order valence-electron chi connectivity index (χ1n) is 5.82. The Bertz CT molecular complexity index is 708. The minimum absolute atomic E-state index is 0.563. The van der Waals surface area contributed by atoms with E-state index in [1.165, 1.54) is 0 Å². The van der Waals surface area contributed by atoms with Gasteiger partial charge in [-0.25, -0.2) is 4.98 Å². The van der Waals surface area contributed by atoms with Gasteiger partial charge in [-0.2, -0.15) is 4.68 Å². The number of rotatable bonds is 3. The number of hydrogen-bond donors (Lipinski definition) is 0. The Labute approximate surface area is 120 Å². The summed E-state index contributed by atoms with van der Waals surface area (Å²) >= 11 is 5.83. The fourth-order valence-electron chi connectivity index (χ4n) is 1.75. The number of aromatic nitrogens is 5. The fraction of sp³-hybridized carbons (Fsp3) is 0.0769. The van der Waals surface area contributed by atoms with E-state index in [1.807, 2.05) is 24.3 Å². The number of benzene rings is 1. The van der Waals surface area contributed by atoms with Gasteiger partial charge in [0, 0.05) is 11.8 Å². The molecule has 0 unspecified atom stereocenters. The smallest absolute Gasteiger partial charge is 0.188 e. The van der Waals surface area contributed by atoms with Crippen molar-refractivity contribution in [1.82, 2.24) is 25.2 Å². The zero-order valence-electron chi connectivity index (χ0n) is 10.6. The van der Waals surface area contributed by atoms with E-state index < -0.39 is 0 Å². The van der Waals surface area contributed by atoms with E-state index in [4.69, 9.17) is 16.3 Å². The molecular formula is C13H10ClN5O. The third-order valence-electron chi connectivity index (χ3n) is 2.75. The maximum atomic E-state index is 5.83. The number of pyridine rings is 1. The van der Waals surface area contributed by atoms with Gasteiger partial charge in [-0.3, -0.25) is 0 Å². The lowest BCUT2D eigenvalue weighted by Gasteiger charge is -2.04. The van der Waals surface area contributed by atoms with Crippen LogP contribution in [0.3, 0.4) is 0 Å². The van der Waals surface area contributed by atoms with Crippen molar-refractivity contribution < 1.29 is 4.74 Å². The van der Waals surface area contributed by atoms with Crippen molar-refractivity contribution in [1.29, 1.82) is 0 Å². The van der Waals surface area contributed by atoms with Crippen LogP contribution in [0.1, 0.15) is 0 Å². The SMILES string of the molecule is COc1ccc(-c2nnnn2-c2ccc(Cl)cn2)cc1. The molecule has 0 N–H and O–H groups in total. The maximum Gasteiger partial charge on any atom is 0.188 e. The van der Waals surface area contributed by atoms with Crippen molar-refractivity contribution in [2.24, 2.45) is 0 Å². The number of hydrogen-bond acceptors (Lipinski definition) is 5. The van der Waals surface area contributed by atoms with Crippen LogP contribution in [0.2, 0.25) is 5.02 Å². The van der Waals surface area contributed by atoms with Crippen LogP contribution < -0.4 is 4.74 Å². The number of methoxy groups -OCH3 is 1. The van der Waals surface area contributed by atoms with Crippen molar-refractivity contribution in [2.75, 3.05) is 7.11 Å². The summed E-state index contributed by atoms with van der Waals surface area (Å²) in [5, 5.41) is 12.2. The molecule has 0 fully saturated rings. The van der Waals surface area contributed by atoms with Crippen LogP contribution in [-0.2, 0) is 0 Å². The van der Waals surface area contributed by atoms with Gasteiger partial charge in [-0.15, -0.1) is 5.10 Å². The Kier molecular flexibility index (Phi) is 3.30. The highest BCUT2D eigenvalue weighted by Gasteiger charge is 2.11. The molecule has 100 valence electrons. The molecule has 0 aliphatic heterocycles. The molecule has 0 amide bonds. The summed E-state index contributed by atoms with van der Waals surface area (Å²) in [7, 11) is 1.62. The zero-order valence-corrected chi connectivity index (χ0v) is 11.3. The largest absolute Gasteiger partial charge is 0.497 e. The van der Waals surface area contributed by atoms with Crippen LogP contribution in [0.15, 0.2) is 42.6 Å². The lowest BCUT2D eigenvalue weighted by Crippen LogP contribution is -2.02. The molecule has 3 aromatic rings. The molecule has 0 aliphatic carbocycles. The molecule has 2 aromatic heterocycles. The van der Waals surface area contributed by atoms with Gasteiger partial charge in [0.1, 0.15) is 5.75 Å². The Balaban J connectivity index is 2.02. The van der Waals surface area contributed by atoms with Crippen molar-refractivity contribution in [3.63, 3.8) is 0 Å². The molecular weight excluding hydrogens is 278 g/mol. The van der Waals surface area contributed by atoms with Crippen LogP contribution in [0.25, 0.3) is 17.2 Å². The molecule has 20 heavy (non-hydrogen) atoms. The molecule has 1 aromatic carbocycles. The van der Waals surface area contributed by atoms with E-state index in [0.717, 1.165) is 11.3 Å². The highest BCUT2D eigenvalue weighted by molar-refractivity contribution is 6.30. The summed E-state index contributed by atoms with van der Waals surface area (Å²) in [5.74, 6) is 1.98. The van der Waals surface area contributed by atoms with Crippen LogP contribution in [0, 0.1) is 0 Å². The van der Waals surface area contributed by atoms with Gasteiger partial charge in [0.15, 0.2) is 11.6 Å². The van der Waals surface area contributed by atoms with E-state index in [-0.39, 0.29) is 0 Å². The summed E-state index contributed by atoms with van der Waals surface area (Å²) in [4.78, 5) is 4.20. The molecule has 0 aliphatic rings. The molecule has 0 spiro atoms. The molecule has 3 rings (SSSR count). The van der Waals surface area contributed by atoms with Gasteiger partial charge in [-0.1, -0.05) is 11.6 Å². The minimum atomic E-state index is 0.563. The van der Waals surface area contributed by atoms with Crippen molar-refractivity contribution in [2.45, 2.75) is 0 Å². The average Bonchev–Trinajstić information content (AvgIpc) is 2.97. The standard InChI is InChI=1S/C13H10ClN5O/c1-20-11-5-2-9(3-6-11)13-16-17-18-19(13)12-7-4-10(14)8-15-12/h2-8H,1H3. The van der Waals surface area contributed by atoms with E-state index >= 15 is 0 Å². The second-order valence-corrected chi connectivity index (χ2v) is 4.41. The van der Waals surface area contributed by atoms with E-state index in [0.29, 0.717) is 16.7 Å². The summed E-state index contributed by atoms with van der Waals surface area (Å²) in [5.41, 5.74) is 0.868. The number of nitrogens with zero attached hydrogens (tertiary/aromatic N) is 5. The van der Waals surface area contributed by atoms with E-state index in [1.54, 1.807) is 30.1 Å². The van der Waals surface area contributed by atoms with E-state index in [2.05, 4.69) is 20.5 Å². The van der Waals surface area contributed by atoms with Crippen LogP contribution in [0.4, 0.5) is 0 Å². The normalized spacial score (nSPS) is 10.5. The lowest BCUT2D eigenvalue weighted by atomic mass is 10.2.